The zero-order chi connectivity index (χ0) is 17.7. The van der Waals surface area contributed by atoms with Crippen molar-refractivity contribution in [3.63, 3.8) is 0 Å². The largest absolute Gasteiger partial charge is 0.379 e. The average Bonchev–Trinajstić information content (AvgIpc) is 3.39. The summed E-state index contributed by atoms with van der Waals surface area (Å²) in [5, 5.41) is 7.26. The molecule has 1 heterocycles. The van der Waals surface area contributed by atoms with E-state index in [0.717, 1.165) is 70.3 Å². The number of morpholine rings is 1. The van der Waals surface area contributed by atoms with Crippen molar-refractivity contribution >= 4 is 41.5 Å². The topological polar surface area (TPSA) is 48.9 Å². The lowest BCUT2D eigenvalue weighted by atomic mass is 9.96. The smallest absolute Gasteiger partial charge is 0.191 e. The van der Waals surface area contributed by atoms with Crippen LogP contribution in [-0.2, 0) is 10.2 Å². The summed E-state index contributed by atoms with van der Waals surface area (Å²) in [6.07, 6.45) is 2.10. The van der Waals surface area contributed by atoms with Crippen LogP contribution in [0, 0.1) is 5.82 Å². The molecule has 2 aliphatic rings. The number of nitrogens with zero attached hydrogens (tertiary/aromatic N) is 2. The molecule has 5 nitrogen and oxygen atoms in total. The van der Waals surface area contributed by atoms with Crippen LogP contribution in [0.15, 0.2) is 23.2 Å². The minimum Gasteiger partial charge on any atom is -0.379 e. The van der Waals surface area contributed by atoms with E-state index in [1.165, 1.54) is 12.1 Å². The van der Waals surface area contributed by atoms with E-state index < -0.39 is 0 Å². The van der Waals surface area contributed by atoms with Crippen molar-refractivity contribution in [1.82, 2.24) is 15.5 Å². The van der Waals surface area contributed by atoms with Gasteiger partial charge in [-0.1, -0.05) is 17.7 Å². The first-order chi connectivity index (χ1) is 12.1. The maximum Gasteiger partial charge on any atom is 0.191 e. The summed E-state index contributed by atoms with van der Waals surface area (Å²) in [4.78, 5) is 6.67. The van der Waals surface area contributed by atoms with Crippen LogP contribution in [0.25, 0.3) is 0 Å². The van der Waals surface area contributed by atoms with Crippen LogP contribution in [-0.4, -0.2) is 63.8 Å². The molecule has 0 spiro atoms. The molecule has 0 bridgehead atoms. The lowest BCUT2D eigenvalue weighted by molar-refractivity contribution is 0.0389. The molecule has 1 saturated heterocycles. The molecule has 0 amide bonds. The summed E-state index contributed by atoms with van der Waals surface area (Å²) in [5.41, 5.74) is 1.01. The van der Waals surface area contributed by atoms with Gasteiger partial charge in [0.2, 0.25) is 0 Å². The first-order valence-corrected chi connectivity index (χ1v) is 9.21. The van der Waals surface area contributed by atoms with Gasteiger partial charge in [-0.2, -0.15) is 0 Å². The van der Waals surface area contributed by atoms with Gasteiger partial charge in [0.25, 0.3) is 0 Å². The predicted molar refractivity (Wildman–Crippen MR) is 114 cm³/mol. The zero-order valence-corrected chi connectivity index (χ0v) is 18.1. The van der Waals surface area contributed by atoms with Crippen LogP contribution in [0.3, 0.4) is 0 Å². The maximum absolute atomic E-state index is 13.3. The zero-order valence-electron chi connectivity index (χ0n) is 15.1. The second-order valence-corrected chi connectivity index (χ2v) is 7.12. The molecule has 26 heavy (non-hydrogen) atoms. The van der Waals surface area contributed by atoms with Gasteiger partial charge in [-0.15, -0.1) is 24.0 Å². The molecule has 1 aromatic carbocycles. The highest BCUT2D eigenvalue weighted by atomic mass is 127. The van der Waals surface area contributed by atoms with E-state index in [1.54, 1.807) is 13.1 Å². The van der Waals surface area contributed by atoms with E-state index >= 15 is 0 Å². The van der Waals surface area contributed by atoms with Crippen LogP contribution < -0.4 is 10.6 Å². The molecule has 1 aliphatic carbocycles. The SMILES string of the molecule is CN=C(NCCN1CCOCC1)NCC1(c2ccc(F)cc2Cl)CC1.I. The normalized spacial score (nSPS) is 19.6. The van der Waals surface area contributed by atoms with E-state index in [4.69, 9.17) is 16.3 Å². The van der Waals surface area contributed by atoms with Crippen molar-refractivity contribution in [1.29, 1.82) is 0 Å². The molecule has 1 saturated carbocycles. The Bertz CT molecular complexity index is 621. The van der Waals surface area contributed by atoms with Gasteiger partial charge in [0.1, 0.15) is 5.82 Å². The Morgan fingerprint density at radius 1 is 1.31 bits per heavy atom. The summed E-state index contributed by atoms with van der Waals surface area (Å²) in [5.74, 6) is 0.496. The molecular formula is C18H27ClFIN4O. The molecule has 1 aliphatic heterocycles. The molecule has 0 atom stereocenters. The lowest BCUT2D eigenvalue weighted by Gasteiger charge is -2.27. The quantitative estimate of drug-likeness (QED) is 0.361. The van der Waals surface area contributed by atoms with Gasteiger partial charge in [-0.3, -0.25) is 9.89 Å². The van der Waals surface area contributed by atoms with Crippen LogP contribution in [0.2, 0.25) is 5.02 Å². The van der Waals surface area contributed by atoms with Crippen molar-refractivity contribution in [2.75, 3.05) is 53.0 Å². The molecule has 0 radical (unpaired) electrons. The predicted octanol–water partition coefficient (Wildman–Crippen LogP) is 2.63. The van der Waals surface area contributed by atoms with Gasteiger partial charge in [0.15, 0.2) is 5.96 Å². The third-order valence-electron chi connectivity index (χ3n) is 5.00. The Balaban J connectivity index is 0.00000243. The van der Waals surface area contributed by atoms with Crippen LogP contribution >= 0.6 is 35.6 Å². The Hall–Kier alpha value is -0.640. The van der Waals surface area contributed by atoms with E-state index in [1.807, 2.05) is 0 Å². The standard InChI is InChI=1S/C18H26ClFN4O.HI/c1-21-17(22-6-7-24-8-10-25-11-9-24)23-13-18(4-5-18)15-3-2-14(20)12-16(15)19;/h2-3,12H,4-11,13H2,1H3,(H2,21,22,23);1H. The van der Waals surface area contributed by atoms with Gasteiger partial charge in [0.05, 0.1) is 13.2 Å². The van der Waals surface area contributed by atoms with Crippen LogP contribution in [0.5, 0.6) is 0 Å². The fourth-order valence-electron chi connectivity index (χ4n) is 3.24. The van der Waals surface area contributed by atoms with Crippen molar-refractivity contribution in [2.24, 2.45) is 4.99 Å². The molecule has 8 heteroatoms. The third-order valence-corrected chi connectivity index (χ3v) is 5.31. The average molecular weight is 497 g/mol. The second kappa shape index (κ2) is 10.1. The second-order valence-electron chi connectivity index (χ2n) is 6.71. The molecule has 1 aromatic rings. The van der Waals surface area contributed by atoms with E-state index in [0.29, 0.717) is 5.02 Å². The Morgan fingerprint density at radius 2 is 2.04 bits per heavy atom. The third kappa shape index (κ3) is 5.68. The first-order valence-electron chi connectivity index (χ1n) is 8.83. The van der Waals surface area contributed by atoms with Gasteiger partial charge in [-0.25, -0.2) is 4.39 Å². The molecule has 2 fully saturated rings. The highest BCUT2D eigenvalue weighted by Gasteiger charge is 2.45. The minimum absolute atomic E-state index is 0. The Kier molecular flexibility index (Phi) is 8.38. The highest BCUT2D eigenvalue weighted by molar-refractivity contribution is 14.0. The number of guanidine groups is 1. The van der Waals surface area contributed by atoms with Gasteiger partial charge in [-0.05, 0) is 30.5 Å². The van der Waals surface area contributed by atoms with E-state index in [-0.39, 0.29) is 35.2 Å². The number of hydrogen-bond acceptors (Lipinski definition) is 3. The summed E-state index contributed by atoms with van der Waals surface area (Å²) in [6, 6.07) is 4.68. The number of benzene rings is 1. The highest BCUT2D eigenvalue weighted by Crippen LogP contribution is 2.50. The molecule has 3 rings (SSSR count). The van der Waals surface area contributed by atoms with Gasteiger partial charge < -0.3 is 15.4 Å². The van der Waals surface area contributed by atoms with E-state index in [2.05, 4.69) is 20.5 Å². The maximum atomic E-state index is 13.3. The van der Waals surface area contributed by atoms with Crippen LogP contribution in [0.4, 0.5) is 4.39 Å². The van der Waals surface area contributed by atoms with Gasteiger partial charge >= 0.3 is 0 Å². The minimum atomic E-state index is -0.293. The summed E-state index contributed by atoms with van der Waals surface area (Å²) in [6.45, 7) is 6.15. The number of nitrogens with one attached hydrogen (secondary N) is 2. The number of aliphatic imine (C=N–C) groups is 1. The van der Waals surface area contributed by atoms with Crippen molar-refractivity contribution in [2.45, 2.75) is 18.3 Å². The first kappa shape index (κ1) is 21.7. The fraction of sp³-hybridized carbons (Fsp3) is 0.611. The Morgan fingerprint density at radius 3 is 2.65 bits per heavy atom. The molecule has 0 aromatic heterocycles. The number of hydrogen-bond donors (Lipinski definition) is 2. The number of halogens is 3. The summed E-state index contributed by atoms with van der Waals surface area (Å²) < 4.78 is 18.6. The number of rotatable bonds is 6. The monoisotopic (exact) mass is 496 g/mol. The Labute approximate surface area is 176 Å². The fourth-order valence-corrected chi connectivity index (χ4v) is 3.61. The van der Waals surface area contributed by atoms with Crippen LogP contribution in [0.1, 0.15) is 18.4 Å². The molecule has 146 valence electrons. The summed E-state index contributed by atoms with van der Waals surface area (Å²) >= 11 is 6.24. The number of ether oxygens (including phenoxy) is 1. The summed E-state index contributed by atoms with van der Waals surface area (Å²) in [7, 11) is 1.77. The van der Waals surface area contributed by atoms with Crippen molar-refractivity contribution in [3.05, 3.63) is 34.6 Å². The van der Waals surface area contributed by atoms with Gasteiger partial charge in [0, 0.05) is 50.2 Å². The van der Waals surface area contributed by atoms with Crippen molar-refractivity contribution < 1.29 is 9.13 Å². The van der Waals surface area contributed by atoms with Crippen molar-refractivity contribution in [3.8, 4) is 0 Å². The molecule has 0 unspecified atom stereocenters. The molecule has 2 N–H and O–H groups in total. The lowest BCUT2D eigenvalue weighted by Crippen LogP contribution is -2.45. The molecular weight excluding hydrogens is 470 g/mol. The van der Waals surface area contributed by atoms with E-state index in [9.17, 15) is 4.39 Å².